The third-order valence-corrected chi connectivity index (χ3v) is 5.68. The van der Waals surface area contributed by atoms with Gasteiger partial charge in [0.05, 0.1) is 6.54 Å². The van der Waals surface area contributed by atoms with Crippen LogP contribution in [0.4, 0.5) is 4.39 Å². The van der Waals surface area contributed by atoms with Crippen LogP contribution < -0.4 is 5.32 Å². The summed E-state index contributed by atoms with van der Waals surface area (Å²) in [6.07, 6.45) is 1.08. The highest BCUT2D eigenvalue weighted by Crippen LogP contribution is 2.41. The molecule has 142 valence electrons. The molecule has 0 aromatic heterocycles. The van der Waals surface area contributed by atoms with E-state index in [1.807, 2.05) is 4.90 Å². The number of nitrogens with zero attached hydrogens (tertiary/aromatic N) is 2. The molecule has 0 spiro atoms. The third kappa shape index (κ3) is 4.37. The zero-order valence-electron chi connectivity index (χ0n) is 15.7. The van der Waals surface area contributed by atoms with Crippen LogP contribution in [0.15, 0.2) is 48.5 Å². The Hall–Kier alpha value is -2.24. The number of amides is 1. The first-order valence-corrected chi connectivity index (χ1v) is 9.66. The first kappa shape index (κ1) is 18.1. The maximum atomic E-state index is 13.1. The quantitative estimate of drug-likeness (QED) is 0.883. The van der Waals surface area contributed by atoms with Gasteiger partial charge in [-0.3, -0.25) is 4.79 Å². The van der Waals surface area contributed by atoms with E-state index in [0.29, 0.717) is 18.5 Å². The van der Waals surface area contributed by atoms with Crippen molar-refractivity contribution in [3.05, 3.63) is 59.9 Å². The number of carbonyl (C=O) groups excluding carboxylic acids is 1. The minimum absolute atomic E-state index is 0.209. The minimum atomic E-state index is -0.214. The van der Waals surface area contributed by atoms with E-state index in [1.54, 1.807) is 12.1 Å². The molecule has 2 aromatic carbocycles. The zero-order chi connectivity index (χ0) is 18.8. The summed E-state index contributed by atoms with van der Waals surface area (Å²) in [5.74, 6) is 0.473. The molecule has 1 saturated heterocycles. The van der Waals surface area contributed by atoms with Gasteiger partial charge in [0.15, 0.2) is 0 Å². The van der Waals surface area contributed by atoms with Crippen LogP contribution in [-0.2, 0) is 4.79 Å². The van der Waals surface area contributed by atoms with Crippen molar-refractivity contribution in [2.75, 3.05) is 39.8 Å². The van der Waals surface area contributed by atoms with Crippen molar-refractivity contribution < 1.29 is 9.18 Å². The van der Waals surface area contributed by atoms with Crippen molar-refractivity contribution in [3.8, 4) is 11.1 Å². The average Bonchev–Trinajstić information content (AvgIpc) is 3.47. The molecule has 2 aromatic rings. The smallest absolute Gasteiger partial charge is 0.236 e. The van der Waals surface area contributed by atoms with Crippen LogP contribution in [0, 0.1) is 5.82 Å². The maximum Gasteiger partial charge on any atom is 0.236 e. The van der Waals surface area contributed by atoms with Crippen LogP contribution in [0.1, 0.15) is 17.9 Å². The molecule has 1 heterocycles. The number of nitrogens with one attached hydrogen (secondary N) is 1. The van der Waals surface area contributed by atoms with Gasteiger partial charge in [0, 0.05) is 38.1 Å². The molecule has 1 amide bonds. The Morgan fingerprint density at radius 1 is 1.00 bits per heavy atom. The van der Waals surface area contributed by atoms with Crippen molar-refractivity contribution >= 4 is 5.91 Å². The minimum Gasteiger partial charge on any atom is -0.339 e. The number of halogens is 1. The van der Waals surface area contributed by atoms with Gasteiger partial charge in [0.25, 0.3) is 0 Å². The summed E-state index contributed by atoms with van der Waals surface area (Å²) in [6, 6.07) is 15.4. The molecule has 5 heteroatoms. The van der Waals surface area contributed by atoms with Crippen LogP contribution in [0.25, 0.3) is 11.1 Å². The molecule has 1 aliphatic heterocycles. The molecular formula is C22H26FN3O. The number of benzene rings is 2. The molecule has 0 bridgehead atoms. The number of rotatable bonds is 5. The first-order valence-electron chi connectivity index (χ1n) is 9.66. The molecule has 1 N–H and O–H groups in total. The molecule has 1 aliphatic carbocycles. The topological polar surface area (TPSA) is 35.6 Å². The Balaban J connectivity index is 1.27. The van der Waals surface area contributed by atoms with Gasteiger partial charge in [-0.05, 0) is 42.3 Å². The summed E-state index contributed by atoms with van der Waals surface area (Å²) >= 11 is 0. The van der Waals surface area contributed by atoms with Gasteiger partial charge in [-0.1, -0.05) is 36.4 Å². The largest absolute Gasteiger partial charge is 0.339 e. The number of likely N-dealkylation sites (N-methyl/N-ethyl adjacent to an activating group) is 1. The van der Waals surface area contributed by atoms with E-state index >= 15 is 0 Å². The Morgan fingerprint density at radius 3 is 2.22 bits per heavy atom. The highest BCUT2D eigenvalue weighted by molar-refractivity contribution is 5.78. The predicted molar refractivity (Wildman–Crippen MR) is 105 cm³/mol. The normalized spacial score (nSPS) is 22.7. The predicted octanol–water partition coefficient (Wildman–Crippen LogP) is 2.71. The summed E-state index contributed by atoms with van der Waals surface area (Å²) in [7, 11) is 2.09. The number of hydrogen-bond acceptors (Lipinski definition) is 3. The Morgan fingerprint density at radius 2 is 1.59 bits per heavy atom. The van der Waals surface area contributed by atoms with Crippen LogP contribution in [0.2, 0.25) is 0 Å². The van der Waals surface area contributed by atoms with Gasteiger partial charge in [0.1, 0.15) is 5.82 Å². The fourth-order valence-corrected chi connectivity index (χ4v) is 3.74. The van der Waals surface area contributed by atoms with E-state index in [1.165, 1.54) is 17.7 Å². The van der Waals surface area contributed by atoms with E-state index in [0.717, 1.165) is 43.7 Å². The van der Waals surface area contributed by atoms with Gasteiger partial charge in [-0.25, -0.2) is 4.39 Å². The van der Waals surface area contributed by atoms with Crippen LogP contribution in [0.3, 0.4) is 0 Å². The molecule has 2 fully saturated rings. The van der Waals surface area contributed by atoms with E-state index in [9.17, 15) is 9.18 Å². The molecule has 4 rings (SSSR count). The van der Waals surface area contributed by atoms with Crippen molar-refractivity contribution in [3.63, 3.8) is 0 Å². The van der Waals surface area contributed by atoms with Crippen LogP contribution in [-0.4, -0.2) is 61.5 Å². The number of piperazine rings is 1. The van der Waals surface area contributed by atoms with Crippen molar-refractivity contribution in [2.45, 2.75) is 18.4 Å². The lowest BCUT2D eigenvalue weighted by atomic mass is 10.0. The summed E-state index contributed by atoms with van der Waals surface area (Å²) in [4.78, 5) is 16.5. The van der Waals surface area contributed by atoms with Crippen molar-refractivity contribution in [1.82, 2.24) is 15.1 Å². The van der Waals surface area contributed by atoms with E-state index < -0.39 is 0 Å². The standard InChI is InChI=1S/C22H26FN3O/c1-25-10-12-26(13-11-25)22(27)15-24-21-14-20(21)18-4-2-16(3-5-18)17-6-8-19(23)9-7-17/h2-9,20-21,24H,10-15H2,1H3/t20-,21+/m0/s1. The lowest BCUT2D eigenvalue weighted by molar-refractivity contribution is -0.131. The summed E-state index contributed by atoms with van der Waals surface area (Å²) in [5, 5.41) is 3.42. The van der Waals surface area contributed by atoms with E-state index in [-0.39, 0.29) is 11.7 Å². The van der Waals surface area contributed by atoms with E-state index in [4.69, 9.17) is 0 Å². The summed E-state index contributed by atoms with van der Waals surface area (Å²) < 4.78 is 13.1. The van der Waals surface area contributed by atoms with Gasteiger partial charge in [-0.2, -0.15) is 0 Å². The van der Waals surface area contributed by atoms with Crippen LogP contribution >= 0.6 is 0 Å². The van der Waals surface area contributed by atoms with Gasteiger partial charge in [0.2, 0.25) is 5.91 Å². The average molecular weight is 367 g/mol. The Labute approximate surface area is 160 Å². The maximum absolute atomic E-state index is 13.1. The lowest BCUT2D eigenvalue weighted by Crippen LogP contribution is -2.49. The second-order valence-electron chi connectivity index (χ2n) is 7.64. The fraction of sp³-hybridized carbons (Fsp3) is 0.409. The molecule has 4 nitrogen and oxygen atoms in total. The monoisotopic (exact) mass is 367 g/mol. The fourth-order valence-electron chi connectivity index (χ4n) is 3.74. The van der Waals surface area contributed by atoms with Crippen LogP contribution in [0.5, 0.6) is 0 Å². The zero-order valence-corrected chi connectivity index (χ0v) is 15.7. The second-order valence-corrected chi connectivity index (χ2v) is 7.64. The van der Waals surface area contributed by atoms with Crippen molar-refractivity contribution in [1.29, 1.82) is 0 Å². The molecular weight excluding hydrogens is 341 g/mol. The molecule has 0 radical (unpaired) electrons. The molecule has 2 atom stereocenters. The highest BCUT2D eigenvalue weighted by atomic mass is 19.1. The second kappa shape index (κ2) is 7.79. The third-order valence-electron chi connectivity index (χ3n) is 5.68. The Kier molecular flexibility index (Phi) is 5.23. The highest BCUT2D eigenvalue weighted by Gasteiger charge is 2.38. The number of carbonyl (C=O) groups is 1. The summed E-state index contributed by atoms with van der Waals surface area (Å²) in [5.41, 5.74) is 3.41. The molecule has 27 heavy (non-hydrogen) atoms. The van der Waals surface area contributed by atoms with E-state index in [2.05, 4.69) is 41.5 Å². The van der Waals surface area contributed by atoms with Gasteiger partial charge < -0.3 is 15.1 Å². The Bertz CT molecular complexity index is 782. The molecule has 2 aliphatic rings. The lowest BCUT2D eigenvalue weighted by Gasteiger charge is -2.32. The van der Waals surface area contributed by atoms with Gasteiger partial charge in [-0.15, -0.1) is 0 Å². The molecule has 0 unspecified atom stereocenters. The molecule has 1 saturated carbocycles. The number of hydrogen-bond donors (Lipinski definition) is 1. The summed E-state index contributed by atoms with van der Waals surface area (Å²) in [6.45, 7) is 4.00. The van der Waals surface area contributed by atoms with Gasteiger partial charge >= 0.3 is 0 Å². The SMILES string of the molecule is CN1CCN(C(=O)CN[C@@H]2C[C@H]2c2ccc(-c3ccc(F)cc3)cc2)CC1. The first-order chi connectivity index (χ1) is 13.1. The van der Waals surface area contributed by atoms with Crippen molar-refractivity contribution in [2.24, 2.45) is 0 Å².